The molecule has 0 aliphatic rings. The Kier molecular flexibility index (Phi) is 5.83. The van der Waals surface area contributed by atoms with E-state index in [0.717, 1.165) is 11.1 Å². The zero-order valence-electron chi connectivity index (χ0n) is 17.9. The van der Waals surface area contributed by atoms with Crippen LogP contribution in [0.4, 0.5) is 5.69 Å². The first-order valence-corrected chi connectivity index (χ1v) is 9.80. The third-order valence-corrected chi connectivity index (χ3v) is 4.94. The standard InChI is InChI=1S/C23H17N3O8/c1-12-7-13(23(28)29)3-5-17(12)18-6-4-16(33-18)11-24-25-22(27)20-9-14-8-15(26(30)31)10-19(32-2)21(14)34-20/h3-11H,1-2H3,(H,25,27)(H,28,29). The van der Waals surface area contributed by atoms with Crippen LogP contribution < -0.4 is 10.2 Å². The monoisotopic (exact) mass is 463 g/mol. The topological polar surface area (TPSA) is 157 Å². The Morgan fingerprint density at radius 2 is 1.94 bits per heavy atom. The van der Waals surface area contributed by atoms with Crippen molar-refractivity contribution in [2.75, 3.05) is 7.11 Å². The zero-order chi connectivity index (χ0) is 24.4. The fourth-order valence-corrected chi connectivity index (χ4v) is 3.32. The van der Waals surface area contributed by atoms with E-state index in [1.165, 1.54) is 37.6 Å². The number of carboxylic acids is 1. The van der Waals surface area contributed by atoms with E-state index in [2.05, 4.69) is 10.5 Å². The Hall–Kier alpha value is -4.93. The lowest BCUT2D eigenvalue weighted by Gasteiger charge is -2.03. The van der Waals surface area contributed by atoms with Gasteiger partial charge in [0.05, 0.1) is 29.9 Å². The van der Waals surface area contributed by atoms with Crippen LogP contribution >= 0.6 is 0 Å². The number of aryl methyl sites for hydroxylation is 1. The number of carbonyl (C=O) groups is 2. The number of benzene rings is 2. The molecule has 2 aromatic heterocycles. The molecule has 0 radical (unpaired) electrons. The highest BCUT2D eigenvalue weighted by Gasteiger charge is 2.19. The van der Waals surface area contributed by atoms with E-state index in [1.807, 2.05) is 0 Å². The summed E-state index contributed by atoms with van der Waals surface area (Å²) in [5.74, 6) is -0.823. The van der Waals surface area contributed by atoms with Crippen LogP contribution in [-0.4, -0.2) is 35.2 Å². The largest absolute Gasteiger partial charge is 0.493 e. The lowest BCUT2D eigenvalue weighted by molar-refractivity contribution is -0.384. The average Bonchev–Trinajstić information content (AvgIpc) is 3.45. The number of rotatable bonds is 7. The Morgan fingerprint density at radius 1 is 1.15 bits per heavy atom. The molecule has 0 aliphatic carbocycles. The molecule has 0 spiro atoms. The number of nitrogens with zero attached hydrogens (tertiary/aromatic N) is 2. The molecule has 34 heavy (non-hydrogen) atoms. The van der Waals surface area contributed by atoms with Gasteiger partial charge in [-0.25, -0.2) is 10.2 Å². The maximum Gasteiger partial charge on any atom is 0.335 e. The van der Waals surface area contributed by atoms with Crippen LogP contribution in [0.5, 0.6) is 5.75 Å². The highest BCUT2D eigenvalue weighted by atomic mass is 16.6. The first kappa shape index (κ1) is 22.3. The molecule has 0 bridgehead atoms. The van der Waals surface area contributed by atoms with Crippen LogP contribution in [0.3, 0.4) is 0 Å². The summed E-state index contributed by atoms with van der Waals surface area (Å²) in [5.41, 5.74) is 3.92. The molecule has 2 aromatic carbocycles. The second kappa shape index (κ2) is 8.90. The average molecular weight is 463 g/mol. The maximum absolute atomic E-state index is 12.4. The summed E-state index contributed by atoms with van der Waals surface area (Å²) in [5, 5.41) is 24.3. The molecule has 0 aliphatic heterocycles. The van der Waals surface area contributed by atoms with Crippen LogP contribution in [0.25, 0.3) is 22.3 Å². The molecule has 2 heterocycles. The maximum atomic E-state index is 12.4. The molecule has 0 fully saturated rings. The molecular weight excluding hydrogens is 446 g/mol. The number of hydrazone groups is 1. The van der Waals surface area contributed by atoms with Crippen molar-refractivity contribution in [3.8, 4) is 17.1 Å². The number of nitrogens with one attached hydrogen (secondary N) is 1. The van der Waals surface area contributed by atoms with Gasteiger partial charge in [-0.1, -0.05) is 6.07 Å². The van der Waals surface area contributed by atoms with Gasteiger partial charge in [0.15, 0.2) is 17.1 Å². The van der Waals surface area contributed by atoms with Gasteiger partial charge in [0.25, 0.3) is 5.69 Å². The molecule has 4 aromatic rings. The number of ether oxygens (including phenoxy) is 1. The van der Waals surface area contributed by atoms with Gasteiger partial charge in [-0.3, -0.25) is 14.9 Å². The molecule has 0 saturated heterocycles. The Labute approximate surface area is 191 Å². The fraction of sp³-hybridized carbons (Fsp3) is 0.0870. The van der Waals surface area contributed by atoms with Crippen LogP contribution in [0, 0.1) is 17.0 Å². The number of nitro benzene ring substituents is 1. The predicted molar refractivity (Wildman–Crippen MR) is 120 cm³/mol. The fourth-order valence-electron chi connectivity index (χ4n) is 3.32. The van der Waals surface area contributed by atoms with Crippen molar-refractivity contribution in [3.05, 3.63) is 81.3 Å². The first-order valence-electron chi connectivity index (χ1n) is 9.80. The van der Waals surface area contributed by atoms with Crippen molar-refractivity contribution in [1.29, 1.82) is 0 Å². The number of amides is 1. The van der Waals surface area contributed by atoms with Crippen LogP contribution in [0.15, 0.2) is 62.5 Å². The van der Waals surface area contributed by atoms with Crippen molar-refractivity contribution in [2.45, 2.75) is 6.92 Å². The number of fused-ring (bicyclic) bond motifs is 1. The quantitative estimate of drug-likeness (QED) is 0.232. The number of methoxy groups -OCH3 is 1. The van der Waals surface area contributed by atoms with Crippen molar-refractivity contribution in [3.63, 3.8) is 0 Å². The highest BCUT2D eigenvalue weighted by Crippen LogP contribution is 2.33. The minimum atomic E-state index is -1.02. The molecule has 0 saturated carbocycles. The summed E-state index contributed by atoms with van der Waals surface area (Å²) in [4.78, 5) is 34.0. The van der Waals surface area contributed by atoms with Crippen molar-refractivity contribution < 1.29 is 33.2 Å². The summed E-state index contributed by atoms with van der Waals surface area (Å²) in [6.07, 6.45) is 1.29. The Bertz CT molecular complexity index is 1460. The second-order valence-electron chi connectivity index (χ2n) is 7.17. The molecule has 11 heteroatoms. The number of furan rings is 2. The zero-order valence-corrected chi connectivity index (χ0v) is 17.9. The molecule has 4 rings (SSSR count). The van der Waals surface area contributed by atoms with Crippen molar-refractivity contribution >= 4 is 34.7 Å². The molecule has 0 atom stereocenters. The van der Waals surface area contributed by atoms with E-state index in [9.17, 15) is 19.7 Å². The van der Waals surface area contributed by atoms with Gasteiger partial charge in [-0.15, -0.1) is 0 Å². The lowest BCUT2D eigenvalue weighted by atomic mass is 10.0. The predicted octanol–water partition coefficient (Wildman–Crippen LogP) is 4.38. The lowest BCUT2D eigenvalue weighted by Crippen LogP contribution is -2.16. The molecule has 1 amide bonds. The molecule has 0 unspecified atom stereocenters. The second-order valence-corrected chi connectivity index (χ2v) is 7.17. The molecule has 2 N–H and O–H groups in total. The third kappa shape index (κ3) is 4.35. The van der Waals surface area contributed by atoms with Gasteiger partial charge >= 0.3 is 11.9 Å². The van der Waals surface area contributed by atoms with E-state index >= 15 is 0 Å². The van der Waals surface area contributed by atoms with E-state index < -0.39 is 16.8 Å². The SMILES string of the molecule is COc1cc([N+](=O)[O-])cc2cc(C(=O)NN=Cc3ccc(-c4ccc(C(=O)O)cc4C)o3)oc12. The summed E-state index contributed by atoms with van der Waals surface area (Å²) in [6, 6.07) is 11.9. The number of non-ortho nitro benzene ring substituents is 1. The minimum Gasteiger partial charge on any atom is -0.493 e. The van der Waals surface area contributed by atoms with E-state index in [1.54, 1.807) is 31.2 Å². The van der Waals surface area contributed by atoms with Crippen LogP contribution in [0.1, 0.15) is 32.2 Å². The van der Waals surface area contributed by atoms with Gasteiger partial charge < -0.3 is 18.7 Å². The summed E-state index contributed by atoms with van der Waals surface area (Å²) >= 11 is 0. The number of nitro groups is 1. The van der Waals surface area contributed by atoms with Gasteiger partial charge in [0.2, 0.25) is 0 Å². The van der Waals surface area contributed by atoms with Crippen molar-refractivity contribution in [1.82, 2.24) is 5.43 Å². The Balaban J connectivity index is 1.49. The number of hydrogen-bond acceptors (Lipinski definition) is 8. The van der Waals surface area contributed by atoms with Crippen LogP contribution in [0.2, 0.25) is 0 Å². The van der Waals surface area contributed by atoms with E-state index in [-0.39, 0.29) is 28.3 Å². The minimum absolute atomic E-state index is 0.111. The van der Waals surface area contributed by atoms with Gasteiger partial charge in [0.1, 0.15) is 11.5 Å². The van der Waals surface area contributed by atoms with Gasteiger partial charge in [-0.2, -0.15) is 5.10 Å². The number of carboxylic acid groups (broad SMARTS) is 1. The first-order chi connectivity index (χ1) is 16.3. The smallest absolute Gasteiger partial charge is 0.335 e. The molecule has 11 nitrogen and oxygen atoms in total. The summed E-state index contributed by atoms with van der Waals surface area (Å²) < 4.78 is 16.3. The molecular formula is C23H17N3O8. The van der Waals surface area contributed by atoms with Gasteiger partial charge in [-0.05, 0) is 42.8 Å². The number of hydrogen-bond donors (Lipinski definition) is 2. The highest BCUT2D eigenvalue weighted by molar-refractivity contribution is 5.98. The van der Waals surface area contributed by atoms with E-state index in [4.69, 9.17) is 18.7 Å². The van der Waals surface area contributed by atoms with Crippen molar-refractivity contribution in [2.24, 2.45) is 5.10 Å². The van der Waals surface area contributed by atoms with E-state index in [0.29, 0.717) is 16.9 Å². The Morgan fingerprint density at radius 3 is 2.62 bits per heavy atom. The third-order valence-electron chi connectivity index (χ3n) is 4.94. The normalized spacial score (nSPS) is 11.1. The summed E-state index contributed by atoms with van der Waals surface area (Å²) in [7, 11) is 1.34. The molecule has 172 valence electrons. The number of aromatic carboxylic acids is 1. The van der Waals surface area contributed by atoms with Gasteiger partial charge in [0, 0.05) is 17.0 Å². The number of carbonyl (C=O) groups excluding carboxylic acids is 1. The van der Waals surface area contributed by atoms with Crippen LogP contribution in [-0.2, 0) is 0 Å². The summed E-state index contributed by atoms with van der Waals surface area (Å²) in [6.45, 7) is 1.77.